The molecule has 0 radical (unpaired) electrons. The van der Waals surface area contributed by atoms with Gasteiger partial charge in [0.1, 0.15) is 0 Å². The molecule has 2 aromatic rings. The lowest BCUT2D eigenvalue weighted by atomic mass is 10.0. The van der Waals surface area contributed by atoms with Gasteiger partial charge in [0.15, 0.2) is 0 Å². The maximum Gasteiger partial charge on any atom is 0.0956 e. The van der Waals surface area contributed by atoms with Gasteiger partial charge in [-0.3, -0.25) is 5.10 Å². The molecular weight excluding hydrogens is 222 g/mol. The summed E-state index contributed by atoms with van der Waals surface area (Å²) in [5.74, 6) is 0. The van der Waals surface area contributed by atoms with Crippen LogP contribution < -0.4 is 0 Å². The third-order valence-corrected chi connectivity index (χ3v) is 3.75. The fraction of sp³-hybridized carbons (Fsp3) is 0.400. The maximum absolute atomic E-state index is 4.53. The quantitative estimate of drug-likeness (QED) is 0.832. The predicted molar refractivity (Wildman–Crippen MR) is 75.5 cm³/mol. The Morgan fingerprint density at radius 3 is 3.11 bits per heavy atom. The molecule has 1 aliphatic heterocycles. The number of aromatic nitrogens is 2. The Morgan fingerprint density at radius 1 is 1.33 bits per heavy atom. The number of aromatic amines is 1. The molecule has 3 heteroatoms. The van der Waals surface area contributed by atoms with E-state index in [2.05, 4.69) is 53.3 Å². The molecule has 18 heavy (non-hydrogen) atoms. The molecule has 0 spiro atoms. The molecule has 1 aliphatic rings. The van der Waals surface area contributed by atoms with Crippen LogP contribution in [0.25, 0.3) is 16.5 Å². The first kappa shape index (κ1) is 11.5. The van der Waals surface area contributed by atoms with E-state index in [1.54, 1.807) is 0 Å². The van der Waals surface area contributed by atoms with Crippen molar-refractivity contribution in [3.8, 4) is 0 Å². The monoisotopic (exact) mass is 241 g/mol. The molecule has 0 saturated heterocycles. The second kappa shape index (κ2) is 4.58. The smallest absolute Gasteiger partial charge is 0.0956 e. The van der Waals surface area contributed by atoms with Gasteiger partial charge in [0, 0.05) is 11.9 Å². The highest BCUT2D eigenvalue weighted by atomic mass is 15.1. The Bertz CT molecular complexity index is 595. The highest BCUT2D eigenvalue weighted by molar-refractivity contribution is 5.92. The number of fused-ring (bicyclic) bond motifs is 1. The van der Waals surface area contributed by atoms with E-state index in [4.69, 9.17) is 0 Å². The van der Waals surface area contributed by atoms with E-state index in [9.17, 15) is 0 Å². The van der Waals surface area contributed by atoms with Crippen molar-refractivity contribution in [1.82, 2.24) is 15.1 Å². The molecule has 0 bridgehead atoms. The molecule has 3 nitrogen and oxygen atoms in total. The summed E-state index contributed by atoms with van der Waals surface area (Å²) < 4.78 is 0. The minimum Gasteiger partial charge on any atom is -0.303 e. The molecular formula is C15H19N3. The van der Waals surface area contributed by atoms with Crippen molar-refractivity contribution in [1.29, 1.82) is 0 Å². The fourth-order valence-corrected chi connectivity index (χ4v) is 2.64. The summed E-state index contributed by atoms with van der Waals surface area (Å²) in [5.41, 5.74) is 4.96. The average molecular weight is 241 g/mol. The van der Waals surface area contributed by atoms with Crippen molar-refractivity contribution in [2.45, 2.75) is 19.8 Å². The first-order valence-corrected chi connectivity index (χ1v) is 6.57. The number of aryl methyl sites for hydroxylation is 1. The van der Waals surface area contributed by atoms with Crippen LogP contribution in [0.15, 0.2) is 24.3 Å². The van der Waals surface area contributed by atoms with Crippen molar-refractivity contribution in [2.75, 3.05) is 20.1 Å². The van der Waals surface area contributed by atoms with Gasteiger partial charge in [0.25, 0.3) is 0 Å². The van der Waals surface area contributed by atoms with Crippen LogP contribution in [0.5, 0.6) is 0 Å². The van der Waals surface area contributed by atoms with Crippen LogP contribution in [0.3, 0.4) is 0 Å². The van der Waals surface area contributed by atoms with E-state index in [0.29, 0.717) is 0 Å². The zero-order valence-corrected chi connectivity index (χ0v) is 11.0. The van der Waals surface area contributed by atoms with E-state index in [-0.39, 0.29) is 0 Å². The average Bonchev–Trinajstić information content (AvgIpc) is 2.68. The van der Waals surface area contributed by atoms with Gasteiger partial charge in [0.2, 0.25) is 0 Å². The summed E-state index contributed by atoms with van der Waals surface area (Å²) in [4.78, 5) is 2.35. The van der Waals surface area contributed by atoms with Crippen LogP contribution in [-0.2, 0) is 0 Å². The number of likely N-dealkylation sites (N-methyl/N-ethyl adjacent to an activating group) is 1. The Hall–Kier alpha value is -1.61. The van der Waals surface area contributed by atoms with Crippen LogP contribution in [0, 0.1) is 6.92 Å². The standard InChI is InChI=1S/C15H19N3/c1-11-5-3-7-13-14(11)16-17-15(13)12-6-4-9-18(2)10-8-12/h3,5,7-8H,4,6,9-10H2,1-2H3,(H,16,17). The van der Waals surface area contributed by atoms with E-state index in [1.807, 2.05) is 0 Å². The van der Waals surface area contributed by atoms with Crippen molar-refractivity contribution >= 4 is 16.5 Å². The molecule has 0 amide bonds. The molecule has 0 aliphatic carbocycles. The third-order valence-electron chi connectivity index (χ3n) is 3.75. The second-order valence-electron chi connectivity index (χ2n) is 5.16. The number of hydrogen-bond donors (Lipinski definition) is 1. The molecule has 0 fully saturated rings. The van der Waals surface area contributed by atoms with E-state index >= 15 is 0 Å². The number of allylic oxidation sites excluding steroid dienone is 1. The van der Waals surface area contributed by atoms with Gasteiger partial charge in [0.05, 0.1) is 11.2 Å². The summed E-state index contributed by atoms with van der Waals surface area (Å²) in [7, 11) is 2.17. The zero-order chi connectivity index (χ0) is 12.5. The normalized spacial score (nSPS) is 17.8. The molecule has 1 aromatic heterocycles. The molecule has 1 N–H and O–H groups in total. The van der Waals surface area contributed by atoms with Crippen LogP contribution in [0.4, 0.5) is 0 Å². The largest absolute Gasteiger partial charge is 0.303 e. The van der Waals surface area contributed by atoms with E-state index in [1.165, 1.54) is 35.0 Å². The molecule has 0 saturated carbocycles. The van der Waals surface area contributed by atoms with Crippen molar-refractivity contribution in [3.63, 3.8) is 0 Å². The fourth-order valence-electron chi connectivity index (χ4n) is 2.64. The molecule has 0 atom stereocenters. The maximum atomic E-state index is 4.53. The number of hydrogen-bond acceptors (Lipinski definition) is 2. The number of rotatable bonds is 1. The highest BCUT2D eigenvalue weighted by Crippen LogP contribution is 2.28. The number of benzene rings is 1. The molecule has 1 aromatic carbocycles. The Balaban J connectivity index is 2.06. The lowest BCUT2D eigenvalue weighted by Crippen LogP contribution is -2.17. The van der Waals surface area contributed by atoms with Crippen LogP contribution >= 0.6 is 0 Å². The number of nitrogens with one attached hydrogen (secondary N) is 1. The van der Waals surface area contributed by atoms with Gasteiger partial charge < -0.3 is 4.90 Å². The lowest BCUT2D eigenvalue weighted by Gasteiger charge is -2.09. The Labute approximate surface area is 107 Å². The molecule has 3 rings (SSSR count). The molecule has 0 unspecified atom stereocenters. The Kier molecular flexibility index (Phi) is 2.92. The predicted octanol–water partition coefficient (Wildman–Crippen LogP) is 2.98. The Morgan fingerprint density at radius 2 is 2.22 bits per heavy atom. The first-order chi connectivity index (χ1) is 8.75. The van der Waals surface area contributed by atoms with Crippen LogP contribution in [0.1, 0.15) is 24.1 Å². The summed E-state index contributed by atoms with van der Waals surface area (Å²) in [6.07, 6.45) is 4.66. The van der Waals surface area contributed by atoms with Crippen molar-refractivity contribution in [2.24, 2.45) is 0 Å². The SMILES string of the molecule is Cc1cccc2c(C3=CCN(C)CCC3)n[nH]c12. The summed E-state index contributed by atoms with van der Waals surface area (Å²) in [5, 5.41) is 8.97. The van der Waals surface area contributed by atoms with Gasteiger partial charge in [-0.15, -0.1) is 0 Å². The van der Waals surface area contributed by atoms with Crippen molar-refractivity contribution < 1.29 is 0 Å². The van der Waals surface area contributed by atoms with Gasteiger partial charge in [-0.2, -0.15) is 5.10 Å². The van der Waals surface area contributed by atoms with Crippen molar-refractivity contribution in [3.05, 3.63) is 35.5 Å². The second-order valence-corrected chi connectivity index (χ2v) is 5.16. The third kappa shape index (κ3) is 1.95. The van der Waals surface area contributed by atoms with E-state index < -0.39 is 0 Å². The lowest BCUT2D eigenvalue weighted by molar-refractivity contribution is 0.372. The minimum absolute atomic E-state index is 1.02. The van der Waals surface area contributed by atoms with Crippen LogP contribution in [0.2, 0.25) is 0 Å². The zero-order valence-electron chi connectivity index (χ0n) is 11.0. The molecule has 2 heterocycles. The number of para-hydroxylation sites is 1. The minimum atomic E-state index is 1.02. The summed E-state index contributed by atoms with van der Waals surface area (Å²) in [6.45, 7) is 4.32. The summed E-state index contributed by atoms with van der Waals surface area (Å²) >= 11 is 0. The summed E-state index contributed by atoms with van der Waals surface area (Å²) in [6, 6.07) is 6.40. The van der Waals surface area contributed by atoms with Gasteiger partial charge in [-0.05, 0) is 44.5 Å². The highest BCUT2D eigenvalue weighted by Gasteiger charge is 2.14. The van der Waals surface area contributed by atoms with Gasteiger partial charge >= 0.3 is 0 Å². The first-order valence-electron chi connectivity index (χ1n) is 6.57. The van der Waals surface area contributed by atoms with Gasteiger partial charge in [-0.1, -0.05) is 24.3 Å². The number of nitrogens with zero attached hydrogens (tertiary/aromatic N) is 2. The topological polar surface area (TPSA) is 31.9 Å². The van der Waals surface area contributed by atoms with E-state index in [0.717, 1.165) is 18.7 Å². The molecule has 94 valence electrons. The number of H-pyrrole nitrogens is 1. The van der Waals surface area contributed by atoms with Gasteiger partial charge in [-0.25, -0.2) is 0 Å². The van der Waals surface area contributed by atoms with Crippen LogP contribution in [-0.4, -0.2) is 35.2 Å².